The van der Waals surface area contributed by atoms with Crippen LogP contribution in [-0.4, -0.2) is 35.6 Å². The van der Waals surface area contributed by atoms with Gasteiger partial charge in [0.15, 0.2) is 0 Å². The van der Waals surface area contributed by atoms with Gasteiger partial charge in [-0.3, -0.25) is 4.79 Å². The van der Waals surface area contributed by atoms with Crippen LogP contribution in [0, 0.1) is 13.8 Å². The number of rotatable bonds is 3. The van der Waals surface area contributed by atoms with Crippen molar-refractivity contribution in [2.24, 2.45) is 0 Å². The molecule has 94 valence electrons. The molecule has 0 fully saturated rings. The van der Waals surface area contributed by atoms with Gasteiger partial charge in [-0.1, -0.05) is 6.07 Å². The second-order valence-corrected chi connectivity index (χ2v) is 4.47. The van der Waals surface area contributed by atoms with E-state index in [-0.39, 0.29) is 18.6 Å². The van der Waals surface area contributed by atoms with Gasteiger partial charge in [0.25, 0.3) is 5.91 Å². The highest BCUT2D eigenvalue weighted by molar-refractivity contribution is 5.96. The Morgan fingerprint density at radius 3 is 2.53 bits per heavy atom. The van der Waals surface area contributed by atoms with E-state index in [1.165, 1.54) is 4.90 Å². The summed E-state index contributed by atoms with van der Waals surface area (Å²) in [5.41, 5.74) is 8.90. The second kappa shape index (κ2) is 5.19. The Morgan fingerprint density at radius 1 is 1.41 bits per heavy atom. The molecule has 4 heteroatoms. The largest absolute Gasteiger partial charge is 0.398 e. The van der Waals surface area contributed by atoms with Crippen LogP contribution in [0.15, 0.2) is 12.1 Å². The summed E-state index contributed by atoms with van der Waals surface area (Å²) in [6, 6.07) is 3.40. The van der Waals surface area contributed by atoms with E-state index < -0.39 is 0 Å². The lowest BCUT2D eigenvalue weighted by molar-refractivity contribution is 0.0681. The van der Waals surface area contributed by atoms with E-state index in [0.717, 1.165) is 11.1 Å². The number of benzene rings is 1. The Kier molecular flexibility index (Phi) is 4.12. The number of hydrogen-bond acceptors (Lipinski definition) is 3. The van der Waals surface area contributed by atoms with Crippen molar-refractivity contribution >= 4 is 11.6 Å². The van der Waals surface area contributed by atoms with Gasteiger partial charge in [-0.25, -0.2) is 0 Å². The van der Waals surface area contributed by atoms with Gasteiger partial charge in [-0.05, 0) is 38.0 Å². The van der Waals surface area contributed by atoms with Crippen LogP contribution in [0.2, 0.25) is 0 Å². The highest BCUT2D eigenvalue weighted by Crippen LogP contribution is 2.19. The maximum Gasteiger partial charge on any atom is 0.254 e. The van der Waals surface area contributed by atoms with Crippen molar-refractivity contribution in [1.82, 2.24) is 4.90 Å². The number of carbonyl (C=O) groups excluding carboxylic acids is 1. The third-order valence-corrected chi connectivity index (χ3v) is 3.09. The summed E-state index contributed by atoms with van der Waals surface area (Å²) in [6.45, 7) is 5.54. The summed E-state index contributed by atoms with van der Waals surface area (Å²) < 4.78 is 0. The number of aryl methyl sites for hydroxylation is 2. The van der Waals surface area contributed by atoms with Crippen LogP contribution in [0.3, 0.4) is 0 Å². The maximum atomic E-state index is 12.2. The van der Waals surface area contributed by atoms with Gasteiger partial charge < -0.3 is 15.7 Å². The van der Waals surface area contributed by atoms with Gasteiger partial charge in [0.1, 0.15) is 0 Å². The third kappa shape index (κ3) is 2.77. The van der Waals surface area contributed by atoms with Crippen LogP contribution in [0.4, 0.5) is 5.69 Å². The monoisotopic (exact) mass is 236 g/mol. The first-order valence-corrected chi connectivity index (χ1v) is 5.63. The van der Waals surface area contributed by atoms with Crippen LogP contribution < -0.4 is 5.73 Å². The van der Waals surface area contributed by atoms with Gasteiger partial charge in [-0.15, -0.1) is 0 Å². The number of anilines is 1. The Morgan fingerprint density at radius 2 is 2.00 bits per heavy atom. The van der Waals surface area contributed by atoms with Crippen LogP contribution in [-0.2, 0) is 0 Å². The lowest BCUT2D eigenvalue weighted by Crippen LogP contribution is -2.37. The summed E-state index contributed by atoms with van der Waals surface area (Å²) in [5, 5.41) is 9.05. The minimum Gasteiger partial charge on any atom is -0.398 e. The van der Waals surface area contributed by atoms with Gasteiger partial charge >= 0.3 is 0 Å². The molecule has 1 aromatic carbocycles. The van der Waals surface area contributed by atoms with Crippen LogP contribution in [0.1, 0.15) is 28.4 Å². The average Bonchev–Trinajstić information content (AvgIpc) is 2.31. The molecule has 1 atom stereocenters. The molecule has 1 rings (SSSR count). The van der Waals surface area contributed by atoms with Crippen molar-refractivity contribution in [2.45, 2.75) is 26.8 Å². The molecular formula is C13H20N2O2. The molecule has 4 nitrogen and oxygen atoms in total. The first-order valence-electron chi connectivity index (χ1n) is 5.63. The molecule has 0 aliphatic heterocycles. The highest BCUT2D eigenvalue weighted by atomic mass is 16.3. The van der Waals surface area contributed by atoms with Gasteiger partial charge in [-0.2, -0.15) is 0 Å². The van der Waals surface area contributed by atoms with E-state index in [1.807, 2.05) is 19.9 Å². The molecule has 1 amide bonds. The van der Waals surface area contributed by atoms with E-state index in [9.17, 15) is 4.79 Å². The van der Waals surface area contributed by atoms with E-state index in [2.05, 4.69) is 0 Å². The molecule has 0 heterocycles. The predicted molar refractivity (Wildman–Crippen MR) is 69.0 cm³/mol. The average molecular weight is 236 g/mol. The number of nitrogens with zero attached hydrogens (tertiary/aromatic N) is 1. The minimum absolute atomic E-state index is 0.0529. The molecule has 0 radical (unpaired) electrons. The zero-order chi connectivity index (χ0) is 13.2. The van der Waals surface area contributed by atoms with E-state index in [4.69, 9.17) is 10.8 Å². The summed E-state index contributed by atoms with van der Waals surface area (Å²) in [4.78, 5) is 13.7. The summed E-state index contributed by atoms with van der Waals surface area (Å²) in [6.07, 6.45) is 0. The third-order valence-electron chi connectivity index (χ3n) is 3.09. The molecule has 1 aromatic rings. The summed E-state index contributed by atoms with van der Waals surface area (Å²) in [5.74, 6) is -0.115. The first kappa shape index (κ1) is 13.5. The normalized spacial score (nSPS) is 12.3. The first-order chi connectivity index (χ1) is 7.88. The molecule has 0 bridgehead atoms. The fourth-order valence-electron chi connectivity index (χ4n) is 1.61. The Balaban J connectivity index is 3.08. The Labute approximate surface area is 102 Å². The molecule has 0 saturated heterocycles. The highest BCUT2D eigenvalue weighted by Gasteiger charge is 2.19. The Bertz CT molecular complexity index is 430. The van der Waals surface area contributed by atoms with Crippen molar-refractivity contribution in [3.63, 3.8) is 0 Å². The SMILES string of the molecule is Cc1cc(C)c(C(=O)N(C)C(C)CO)cc1N. The standard InChI is InChI=1S/C13H20N2O2/c1-8-5-9(2)12(14)6-11(8)13(17)15(4)10(3)7-16/h5-6,10,16H,7,14H2,1-4H3. The van der Waals surface area contributed by atoms with Gasteiger partial charge in [0, 0.05) is 18.3 Å². The predicted octanol–water partition coefficient (Wildman–Crippen LogP) is 1.34. The number of carbonyl (C=O) groups is 1. The van der Waals surface area contributed by atoms with Crippen LogP contribution in [0.5, 0.6) is 0 Å². The smallest absolute Gasteiger partial charge is 0.254 e. The lowest BCUT2D eigenvalue weighted by atomic mass is 10.0. The van der Waals surface area contributed by atoms with Crippen LogP contribution in [0.25, 0.3) is 0 Å². The molecule has 0 aliphatic carbocycles. The van der Waals surface area contributed by atoms with E-state index >= 15 is 0 Å². The number of nitrogen functional groups attached to an aromatic ring is 1. The second-order valence-electron chi connectivity index (χ2n) is 4.47. The number of nitrogens with two attached hydrogens (primary N) is 1. The quantitative estimate of drug-likeness (QED) is 0.778. The van der Waals surface area contributed by atoms with Crippen molar-refractivity contribution in [2.75, 3.05) is 19.4 Å². The number of hydrogen-bond donors (Lipinski definition) is 2. The van der Waals surface area contributed by atoms with E-state index in [0.29, 0.717) is 11.3 Å². The molecule has 0 aromatic heterocycles. The van der Waals surface area contributed by atoms with Crippen LogP contribution >= 0.6 is 0 Å². The molecule has 17 heavy (non-hydrogen) atoms. The number of aliphatic hydroxyl groups is 1. The van der Waals surface area contributed by atoms with Gasteiger partial charge in [0.2, 0.25) is 0 Å². The molecule has 3 N–H and O–H groups in total. The zero-order valence-electron chi connectivity index (χ0n) is 10.8. The van der Waals surface area contributed by atoms with E-state index in [1.54, 1.807) is 20.0 Å². The Hall–Kier alpha value is -1.55. The van der Waals surface area contributed by atoms with Crippen molar-refractivity contribution in [1.29, 1.82) is 0 Å². The molecular weight excluding hydrogens is 216 g/mol. The van der Waals surface area contributed by atoms with Crippen molar-refractivity contribution in [3.05, 3.63) is 28.8 Å². The number of aliphatic hydroxyl groups excluding tert-OH is 1. The molecule has 1 unspecified atom stereocenters. The van der Waals surface area contributed by atoms with Crippen molar-refractivity contribution < 1.29 is 9.90 Å². The number of likely N-dealkylation sites (N-methyl/N-ethyl adjacent to an activating group) is 1. The fourth-order valence-corrected chi connectivity index (χ4v) is 1.61. The summed E-state index contributed by atoms with van der Waals surface area (Å²) in [7, 11) is 1.68. The topological polar surface area (TPSA) is 66.6 Å². The minimum atomic E-state index is -0.204. The van der Waals surface area contributed by atoms with Gasteiger partial charge in [0.05, 0.1) is 12.6 Å². The number of amides is 1. The maximum absolute atomic E-state index is 12.2. The molecule has 0 aliphatic rings. The summed E-state index contributed by atoms with van der Waals surface area (Å²) >= 11 is 0. The fraction of sp³-hybridized carbons (Fsp3) is 0.462. The lowest BCUT2D eigenvalue weighted by Gasteiger charge is -2.24. The zero-order valence-corrected chi connectivity index (χ0v) is 10.8. The van der Waals surface area contributed by atoms with Crippen molar-refractivity contribution in [3.8, 4) is 0 Å². The molecule has 0 saturated carbocycles. The molecule has 0 spiro atoms.